The number of nitrogens with zero attached hydrogens (tertiary/aromatic N) is 1. The molecule has 1 aromatic rings. The second kappa shape index (κ2) is 5.83. The summed E-state index contributed by atoms with van der Waals surface area (Å²) in [7, 11) is 0. The van der Waals surface area contributed by atoms with Crippen LogP contribution in [-0.2, 0) is 4.79 Å². The Kier molecular flexibility index (Phi) is 4.45. The average molecular weight is 238 g/mol. The normalized spacial score (nSPS) is 11.6. The van der Waals surface area contributed by atoms with E-state index in [9.17, 15) is 9.59 Å². The summed E-state index contributed by atoms with van der Waals surface area (Å²) in [5.41, 5.74) is -0.0744. The standard InChI is InChI=1S/C11H14N2O4/c1-7(12-8(2)14)6-17-10-5-3-4-9(13-10)11(15)16/h3-5,7H,6H2,1-2H3,(H,12,14)(H,15,16)/t7-/m1/s1. The molecule has 0 fully saturated rings. The van der Waals surface area contributed by atoms with Gasteiger partial charge in [0.15, 0.2) is 5.69 Å². The van der Waals surface area contributed by atoms with Crippen LogP contribution in [0.2, 0.25) is 0 Å². The monoisotopic (exact) mass is 238 g/mol. The molecule has 1 amide bonds. The van der Waals surface area contributed by atoms with Crippen molar-refractivity contribution < 1.29 is 19.4 Å². The van der Waals surface area contributed by atoms with Gasteiger partial charge in [-0.05, 0) is 13.0 Å². The highest BCUT2D eigenvalue weighted by molar-refractivity contribution is 5.85. The number of aromatic nitrogens is 1. The minimum absolute atomic E-state index is 0.0744. The number of pyridine rings is 1. The smallest absolute Gasteiger partial charge is 0.354 e. The van der Waals surface area contributed by atoms with Crippen LogP contribution in [-0.4, -0.2) is 34.6 Å². The number of carboxylic acids is 1. The Morgan fingerprint density at radius 1 is 1.53 bits per heavy atom. The van der Waals surface area contributed by atoms with Crippen LogP contribution in [0.1, 0.15) is 24.3 Å². The minimum atomic E-state index is -1.11. The van der Waals surface area contributed by atoms with Gasteiger partial charge in [0.05, 0.1) is 6.04 Å². The molecular weight excluding hydrogens is 224 g/mol. The maximum atomic E-state index is 10.7. The molecule has 1 aromatic heterocycles. The Labute approximate surface area is 98.6 Å². The van der Waals surface area contributed by atoms with Crippen LogP contribution in [0.5, 0.6) is 5.88 Å². The van der Waals surface area contributed by atoms with E-state index in [1.807, 2.05) is 0 Å². The number of rotatable bonds is 5. The maximum Gasteiger partial charge on any atom is 0.354 e. The molecule has 1 rings (SSSR count). The summed E-state index contributed by atoms with van der Waals surface area (Å²) in [6, 6.07) is 4.33. The fourth-order valence-corrected chi connectivity index (χ4v) is 1.21. The summed E-state index contributed by atoms with van der Waals surface area (Å²) >= 11 is 0. The van der Waals surface area contributed by atoms with Gasteiger partial charge in [-0.1, -0.05) is 6.07 Å². The summed E-state index contributed by atoms with van der Waals surface area (Å²) < 4.78 is 5.27. The molecule has 0 radical (unpaired) electrons. The zero-order valence-electron chi connectivity index (χ0n) is 9.64. The third-order valence-corrected chi connectivity index (χ3v) is 1.87. The third kappa shape index (κ3) is 4.50. The predicted octanol–water partition coefficient (Wildman–Crippen LogP) is 0.683. The van der Waals surface area contributed by atoms with Gasteiger partial charge in [-0.2, -0.15) is 0 Å². The van der Waals surface area contributed by atoms with Gasteiger partial charge in [0.2, 0.25) is 11.8 Å². The van der Waals surface area contributed by atoms with Crippen molar-refractivity contribution >= 4 is 11.9 Å². The fraction of sp³-hybridized carbons (Fsp3) is 0.364. The quantitative estimate of drug-likeness (QED) is 0.787. The van der Waals surface area contributed by atoms with Crippen LogP contribution in [0.15, 0.2) is 18.2 Å². The highest BCUT2D eigenvalue weighted by Gasteiger charge is 2.08. The molecule has 0 aliphatic carbocycles. The SMILES string of the molecule is CC(=O)N[C@H](C)COc1cccc(C(=O)O)n1. The van der Waals surface area contributed by atoms with E-state index < -0.39 is 5.97 Å². The number of carbonyl (C=O) groups excluding carboxylic acids is 1. The van der Waals surface area contributed by atoms with Crippen molar-refractivity contribution in [1.29, 1.82) is 0 Å². The lowest BCUT2D eigenvalue weighted by molar-refractivity contribution is -0.119. The molecule has 6 heteroatoms. The third-order valence-electron chi connectivity index (χ3n) is 1.87. The minimum Gasteiger partial charge on any atom is -0.477 e. The molecule has 0 saturated carbocycles. The molecule has 0 aromatic carbocycles. The van der Waals surface area contributed by atoms with E-state index in [1.165, 1.54) is 13.0 Å². The van der Waals surface area contributed by atoms with Crippen molar-refractivity contribution in [2.24, 2.45) is 0 Å². The van der Waals surface area contributed by atoms with Crippen molar-refractivity contribution in [3.8, 4) is 5.88 Å². The molecule has 17 heavy (non-hydrogen) atoms. The second-order valence-corrected chi connectivity index (χ2v) is 3.58. The molecule has 0 bridgehead atoms. The van der Waals surface area contributed by atoms with Crippen molar-refractivity contribution in [2.45, 2.75) is 19.9 Å². The van der Waals surface area contributed by atoms with E-state index in [1.54, 1.807) is 19.1 Å². The molecule has 1 heterocycles. The van der Waals surface area contributed by atoms with Gasteiger partial charge in [-0.3, -0.25) is 4.79 Å². The summed E-state index contributed by atoms with van der Waals surface area (Å²) in [5, 5.41) is 11.4. The molecule has 1 atom stereocenters. The van der Waals surface area contributed by atoms with Gasteiger partial charge in [-0.15, -0.1) is 0 Å². The van der Waals surface area contributed by atoms with Gasteiger partial charge < -0.3 is 15.2 Å². The Hall–Kier alpha value is -2.11. The Bertz CT molecular complexity index is 420. The van der Waals surface area contributed by atoms with Crippen LogP contribution in [0.4, 0.5) is 0 Å². The topological polar surface area (TPSA) is 88.5 Å². The Balaban J connectivity index is 2.54. The first-order chi connectivity index (χ1) is 7.99. The lowest BCUT2D eigenvalue weighted by atomic mass is 10.3. The van der Waals surface area contributed by atoms with Crippen LogP contribution in [0, 0.1) is 0 Å². The van der Waals surface area contributed by atoms with Gasteiger partial charge in [0, 0.05) is 13.0 Å². The molecule has 92 valence electrons. The number of aromatic carboxylic acids is 1. The van der Waals surface area contributed by atoms with E-state index in [-0.39, 0.29) is 30.1 Å². The molecule has 0 unspecified atom stereocenters. The van der Waals surface area contributed by atoms with E-state index >= 15 is 0 Å². The maximum absolute atomic E-state index is 10.7. The lowest BCUT2D eigenvalue weighted by Crippen LogP contribution is -2.35. The number of amides is 1. The van der Waals surface area contributed by atoms with Crippen LogP contribution in [0.25, 0.3) is 0 Å². The molecule has 0 aliphatic heterocycles. The first kappa shape index (κ1) is 13.0. The Morgan fingerprint density at radius 3 is 2.82 bits per heavy atom. The van der Waals surface area contributed by atoms with Gasteiger partial charge in [0.25, 0.3) is 0 Å². The first-order valence-corrected chi connectivity index (χ1v) is 5.09. The number of hydrogen-bond donors (Lipinski definition) is 2. The number of carbonyl (C=O) groups is 2. The van der Waals surface area contributed by atoms with Crippen LogP contribution >= 0.6 is 0 Å². The number of carboxylic acid groups (broad SMARTS) is 1. The summed E-state index contributed by atoms with van der Waals surface area (Å²) in [5.74, 6) is -1.03. The summed E-state index contributed by atoms with van der Waals surface area (Å²) in [4.78, 5) is 25.2. The van der Waals surface area contributed by atoms with Crippen LogP contribution in [0.3, 0.4) is 0 Å². The number of ether oxygens (including phenoxy) is 1. The Morgan fingerprint density at radius 2 is 2.24 bits per heavy atom. The van der Waals surface area contributed by atoms with Gasteiger partial charge in [0.1, 0.15) is 6.61 Å². The zero-order valence-corrected chi connectivity index (χ0v) is 9.64. The molecular formula is C11H14N2O4. The van der Waals surface area contributed by atoms with Gasteiger partial charge >= 0.3 is 5.97 Å². The van der Waals surface area contributed by atoms with Crippen LogP contribution < -0.4 is 10.1 Å². The molecule has 0 aliphatic rings. The van der Waals surface area contributed by atoms with Gasteiger partial charge in [-0.25, -0.2) is 9.78 Å². The van der Waals surface area contributed by atoms with Crippen molar-refractivity contribution in [1.82, 2.24) is 10.3 Å². The number of hydrogen-bond acceptors (Lipinski definition) is 4. The first-order valence-electron chi connectivity index (χ1n) is 5.09. The highest BCUT2D eigenvalue weighted by Crippen LogP contribution is 2.07. The second-order valence-electron chi connectivity index (χ2n) is 3.58. The average Bonchev–Trinajstić information content (AvgIpc) is 2.26. The fourth-order valence-electron chi connectivity index (χ4n) is 1.21. The predicted molar refractivity (Wildman–Crippen MR) is 60.0 cm³/mol. The van der Waals surface area contributed by atoms with E-state index in [4.69, 9.17) is 9.84 Å². The van der Waals surface area contributed by atoms with Crippen molar-refractivity contribution in [3.63, 3.8) is 0 Å². The molecule has 0 spiro atoms. The zero-order chi connectivity index (χ0) is 12.8. The van der Waals surface area contributed by atoms with E-state index in [0.29, 0.717) is 0 Å². The van der Waals surface area contributed by atoms with E-state index in [2.05, 4.69) is 10.3 Å². The summed E-state index contributed by atoms with van der Waals surface area (Å²) in [6.07, 6.45) is 0. The number of nitrogens with one attached hydrogen (secondary N) is 1. The largest absolute Gasteiger partial charge is 0.477 e. The lowest BCUT2D eigenvalue weighted by Gasteiger charge is -2.13. The summed E-state index contributed by atoms with van der Waals surface area (Å²) in [6.45, 7) is 3.43. The molecule has 0 saturated heterocycles. The van der Waals surface area contributed by atoms with Crippen molar-refractivity contribution in [2.75, 3.05) is 6.61 Å². The molecule has 2 N–H and O–H groups in total. The molecule has 6 nitrogen and oxygen atoms in total. The van der Waals surface area contributed by atoms with E-state index in [0.717, 1.165) is 0 Å². The van der Waals surface area contributed by atoms with Crippen molar-refractivity contribution in [3.05, 3.63) is 23.9 Å². The highest BCUT2D eigenvalue weighted by atomic mass is 16.5.